The van der Waals surface area contributed by atoms with E-state index in [2.05, 4.69) is 9.71 Å². The Morgan fingerprint density at radius 3 is 2.36 bits per heavy atom. The van der Waals surface area contributed by atoms with E-state index in [0.29, 0.717) is 33.4 Å². The Kier molecular flexibility index (Phi) is 4.58. The van der Waals surface area contributed by atoms with Gasteiger partial charge in [-0.1, -0.05) is 17.7 Å². The van der Waals surface area contributed by atoms with Crippen LogP contribution in [0.2, 0.25) is 5.02 Å². The van der Waals surface area contributed by atoms with Crippen molar-refractivity contribution in [3.05, 3.63) is 64.2 Å². The molecular formula is C18H17ClN2O3S. The molecule has 0 aromatic heterocycles. The molecule has 0 radical (unpaired) electrons. The summed E-state index contributed by atoms with van der Waals surface area (Å²) in [6, 6.07) is 12.3. The first kappa shape index (κ1) is 17.5. The maximum Gasteiger partial charge on any atom is 0.285 e. The van der Waals surface area contributed by atoms with Crippen LogP contribution in [0.15, 0.2) is 52.4 Å². The molecule has 0 aliphatic carbocycles. The summed E-state index contributed by atoms with van der Waals surface area (Å²) in [5.41, 5.74) is 2.75. The topological polar surface area (TPSA) is 67.8 Å². The van der Waals surface area contributed by atoms with Crippen molar-refractivity contribution in [3.63, 3.8) is 0 Å². The maximum atomic E-state index is 12.5. The van der Waals surface area contributed by atoms with Gasteiger partial charge < -0.3 is 10.1 Å². The van der Waals surface area contributed by atoms with Crippen LogP contribution in [0.3, 0.4) is 0 Å². The molecule has 0 unspecified atom stereocenters. The molecule has 1 aliphatic rings. The summed E-state index contributed by atoms with van der Waals surface area (Å²) in [6.07, 6.45) is 0. The number of amidine groups is 1. The van der Waals surface area contributed by atoms with Gasteiger partial charge in [-0.25, -0.2) is 0 Å². The molecule has 7 heteroatoms. The number of hydrogen-bond acceptors (Lipinski definition) is 4. The van der Waals surface area contributed by atoms with Crippen molar-refractivity contribution in [1.82, 2.24) is 0 Å². The summed E-state index contributed by atoms with van der Waals surface area (Å²) in [4.78, 5) is 0.191. The zero-order valence-corrected chi connectivity index (χ0v) is 15.6. The predicted molar refractivity (Wildman–Crippen MR) is 102 cm³/mol. The quantitative estimate of drug-likeness (QED) is 0.869. The second kappa shape index (κ2) is 6.54. The van der Waals surface area contributed by atoms with Gasteiger partial charge in [-0.3, -0.25) is 0 Å². The van der Waals surface area contributed by atoms with Crippen LogP contribution < -0.4 is 10.1 Å². The number of methoxy groups -OCH3 is 1. The van der Waals surface area contributed by atoms with Crippen molar-refractivity contribution in [3.8, 4) is 5.75 Å². The zero-order chi connectivity index (χ0) is 18.2. The van der Waals surface area contributed by atoms with Crippen LogP contribution in [-0.4, -0.2) is 21.4 Å². The molecule has 0 saturated heterocycles. The van der Waals surface area contributed by atoms with Gasteiger partial charge in [0.2, 0.25) is 0 Å². The third kappa shape index (κ3) is 3.41. The van der Waals surface area contributed by atoms with Crippen LogP contribution in [0.1, 0.15) is 18.1 Å². The van der Waals surface area contributed by atoms with E-state index in [-0.39, 0.29) is 4.91 Å². The fraction of sp³-hybridized carbons (Fsp3) is 0.167. The molecule has 0 saturated carbocycles. The minimum absolute atomic E-state index is 0.191. The van der Waals surface area contributed by atoms with E-state index >= 15 is 0 Å². The van der Waals surface area contributed by atoms with E-state index < -0.39 is 10.0 Å². The number of ether oxygens (including phenoxy) is 1. The van der Waals surface area contributed by atoms with Gasteiger partial charge in [0, 0.05) is 16.3 Å². The lowest BCUT2D eigenvalue weighted by Gasteiger charge is -2.08. The van der Waals surface area contributed by atoms with Gasteiger partial charge in [0.25, 0.3) is 10.0 Å². The van der Waals surface area contributed by atoms with Crippen molar-refractivity contribution >= 4 is 38.1 Å². The van der Waals surface area contributed by atoms with E-state index in [0.717, 1.165) is 5.56 Å². The standard InChI is InChI=1S/C18H17ClN2O3S/c1-11-4-7-14(10-16(11)19)20-18-12(2)17(25(22,23)21-18)13-5-8-15(24-3)9-6-13/h4-10H,1-3H3,(H,20,21). The largest absolute Gasteiger partial charge is 0.497 e. The second-order valence-electron chi connectivity index (χ2n) is 5.69. The van der Waals surface area contributed by atoms with E-state index in [4.69, 9.17) is 16.3 Å². The number of nitrogens with one attached hydrogen (secondary N) is 1. The molecule has 0 spiro atoms. The van der Waals surface area contributed by atoms with E-state index in [1.807, 2.05) is 19.1 Å². The van der Waals surface area contributed by atoms with Crippen LogP contribution in [-0.2, 0) is 10.0 Å². The van der Waals surface area contributed by atoms with Gasteiger partial charge in [0.15, 0.2) is 0 Å². The minimum atomic E-state index is -3.77. The molecule has 5 nitrogen and oxygen atoms in total. The van der Waals surface area contributed by atoms with Crippen LogP contribution in [0, 0.1) is 6.92 Å². The monoisotopic (exact) mass is 376 g/mol. The SMILES string of the molecule is COc1ccc(C2=C(C)C(Nc3ccc(C)c(Cl)c3)=NS2(=O)=O)cc1. The molecule has 2 aromatic rings. The van der Waals surface area contributed by atoms with E-state index in [1.165, 1.54) is 0 Å². The lowest BCUT2D eigenvalue weighted by atomic mass is 10.1. The van der Waals surface area contributed by atoms with Crippen molar-refractivity contribution in [1.29, 1.82) is 0 Å². The fourth-order valence-electron chi connectivity index (χ4n) is 2.57. The lowest BCUT2D eigenvalue weighted by molar-refractivity contribution is 0.415. The average molecular weight is 377 g/mol. The normalized spacial score (nSPS) is 15.9. The maximum absolute atomic E-state index is 12.5. The van der Waals surface area contributed by atoms with E-state index in [9.17, 15) is 8.42 Å². The van der Waals surface area contributed by atoms with Gasteiger partial charge in [0.1, 0.15) is 16.5 Å². The van der Waals surface area contributed by atoms with Crippen LogP contribution in [0.5, 0.6) is 5.75 Å². The van der Waals surface area contributed by atoms with Gasteiger partial charge in [-0.05, 0) is 61.4 Å². The number of hydrogen-bond donors (Lipinski definition) is 1. The van der Waals surface area contributed by atoms with Crippen molar-refractivity contribution in [2.45, 2.75) is 13.8 Å². The second-order valence-corrected chi connectivity index (χ2v) is 7.63. The molecule has 0 fully saturated rings. The number of halogens is 1. The summed E-state index contributed by atoms with van der Waals surface area (Å²) < 4.78 is 34.0. The summed E-state index contributed by atoms with van der Waals surface area (Å²) >= 11 is 6.12. The average Bonchev–Trinajstić information content (AvgIpc) is 2.80. The Hall–Kier alpha value is -2.31. The summed E-state index contributed by atoms with van der Waals surface area (Å²) in [7, 11) is -2.21. The summed E-state index contributed by atoms with van der Waals surface area (Å²) in [5, 5.41) is 3.64. The number of sulfonamides is 1. The lowest BCUT2D eigenvalue weighted by Crippen LogP contribution is -2.11. The highest BCUT2D eigenvalue weighted by molar-refractivity contribution is 8.00. The van der Waals surface area contributed by atoms with Gasteiger partial charge >= 0.3 is 0 Å². The zero-order valence-electron chi connectivity index (χ0n) is 14.0. The molecule has 25 heavy (non-hydrogen) atoms. The Morgan fingerprint density at radius 1 is 1.08 bits per heavy atom. The Morgan fingerprint density at radius 2 is 1.76 bits per heavy atom. The Balaban J connectivity index is 1.98. The fourth-order valence-corrected chi connectivity index (χ4v) is 4.18. The molecule has 3 rings (SSSR count). The molecule has 1 heterocycles. The Labute approximate surface area is 152 Å². The third-order valence-electron chi connectivity index (χ3n) is 3.95. The molecule has 0 atom stereocenters. The van der Waals surface area contributed by atoms with Crippen LogP contribution in [0.4, 0.5) is 5.69 Å². The number of aryl methyl sites for hydroxylation is 1. The summed E-state index contributed by atoms with van der Waals surface area (Å²) in [6.45, 7) is 3.63. The van der Waals surface area contributed by atoms with Crippen molar-refractivity contribution in [2.24, 2.45) is 4.40 Å². The highest BCUT2D eigenvalue weighted by atomic mass is 35.5. The van der Waals surface area contributed by atoms with E-state index in [1.54, 1.807) is 44.4 Å². The Bertz CT molecular complexity index is 993. The molecule has 2 aromatic carbocycles. The molecule has 0 amide bonds. The first-order valence-electron chi connectivity index (χ1n) is 7.55. The van der Waals surface area contributed by atoms with Gasteiger partial charge in [-0.15, -0.1) is 4.40 Å². The smallest absolute Gasteiger partial charge is 0.285 e. The van der Waals surface area contributed by atoms with Crippen LogP contribution >= 0.6 is 11.6 Å². The highest BCUT2D eigenvalue weighted by Gasteiger charge is 2.31. The number of nitrogens with zero attached hydrogens (tertiary/aromatic N) is 1. The number of benzene rings is 2. The van der Waals surface area contributed by atoms with Crippen LogP contribution in [0.25, 0.3) is 4.91 Å². The number of anilines is 1. The predicted octanol–water partition coefficient (Wildman–Crippen LogP) is 4.24. The third-order valence-corrected chi connectivity index (χ3v) is 5.84. The molecule has 1 aliphatic heterocycles. The number of rotatable bonds is 3. The molecule has 130 valence electrons. The molecule has 1 N–H and O–H groups in total. The highest BCUT2D eigenvalue weighted by Crippen LogP contribution is 2.34. The summed E-state index contributed by atoms with van der Waals surface area (Å²) in [5.74, 6) is 0.955. The van der Waals surface area contributed by atoms with Gasteiger partial charge in [-0.2, -0.15) is 8.42 Å². The van der Waals surface area contributed by atoms with Gasteiger partial charge in [0.05, 0.1) is 7.11 Å². The van der Waals surface area contributed by atoms with Crippen molar-refractivity contribution in [2.75, 3.05) is 12.4 Å². The molecule has 0 bridgehead atoms. The minimum Gasteiger partial charge on any atom is -0.497 e. The first-order chi connectivity index (χ1) is 11.8. The molecular weight excluding hydrogens is 360 g/mol. The van der Waals surface area contributed by atoms with Crippen molar-refractivity contribution < 1.29 is 13.2 Å². The first-order valence-corrected chi connectivity index (χ1v) is 9.37.